The van der Waals surface area contributed by atoms with Crippen molar-refractivity contribution in [2.24, 2.45) is 0 Å². The van der Waals surface area contributed by atoms with E-state index >= 15 is 0 Å². The topological polar surface area (TPSA) is 77.0 Å². The minimum absolute atomic E-state index is 0.169. The van der Waals surface area contributed by atoms with Crippen LogP contribution in [0.5, 0.6) is 0 Å². The van der Waals surface area contributed by atoms with Crippen LogP contribution in [-0.4, -0.2) is 32.1 Å². The van der Waals surface area contributed by atoms with Crippen molar-refractivity contribution in [3.8, 4) is 0 Å². The van der Waals surface area contributed by atoms with Crippen molar-refractivity contribution in [3.05, 3.63) is 23.6 Å². The normalized spacial score (nSPS) is 14.0. The Labute approximate surface area is 166 Å². The number of halogens is 1. The van der Waals surface area contributed by atoms with Gasteiger partial charge < -0.3 is 10.1 Å². The molecule has 148 valence electrons. The molecule has 1 unspecified atom stereocenters. The van der Waals surface area contributed by atoms with Crippen LogP contribution in [-0.2, 0) is 9.53 Å². The number of aromatic nitrogens is 3. The summed E-state index contributed by atoms with van der Waals surface area (Å²) >= 11 is 6.09. The molecule has 0 bridgehead atoms. The van der Waals surface area contributed by atoms with Gasteiger partial charge in [-0.25, -0.2) is 4.98 Å². The molecule has 0 amide bonds. The van der Waals surface area contributed by atoms with Crippen LogP contribution in [0.25, 0.3) is 11.0 Å². The minimum Gasteiger partial charge on any atom is -0.460 e. The lowest BCUT2D eigenvalue weighted by Gasteiger charge is -2.32. The second-order valence-corrected chi connectivity index (χ2v) is 8.43. The molecule has 2 rings (SSSR count). The highest BCUT2D eigenvalue weighted by Crippen LogP contribution is 2.29. The van der Waals surface area contributed by atoms with E-state index in [9.17, 15) is 4.79 Å². The van der Waals surface area contributed by atoms with Gasteiger partial charge in [-0.2, -0.15) is 4.98 Å². The predicted molar refractivity (Wildman–Crippen MR) is 109 cm³/mol. The number of esters is 1. The number of fused-ring (bicyclic) bond motifs is 1. The van der Waals surface area contributed by atoms with Gasteiger partial charge >= 0.3 is 5.97 Å². The molecule has 2 aromatic heterocycles. The number of nitrogens with one attached hydrogen (secondary N) is 1. The zero-order chi connectivity index (χ0) is 20.1. The van der Waals surface area contributed by atoms with Crippen LogP contribution in [0.1, 0.15) is 66.7 Å². The Balaban J connectivity index is 2.22. The van der Waals surface area contributed by atoms with Gasteiger partial charge in [0.2, 0.25) is 5.28 Å². The Hall–Kier alpha value is -1.95. The third kappa shape index (κ3) is 6.61. The van der Waals surface area contributed by atoms with Crippen LogP contribution in [0.15, 0.2) is 18.3 Å². The molecular formula is C20H29ClN4O2. The highest BCUT2D eigenvalue weighted by molar-refractivity contribution is 6.28. The molecule has 2 heterocycles. The van der Waals surface area contributed by atoms with Gasteiger partial charge in [0.25, 0.3) is 0 Å². The third-order valence-corrected chi connectivity index (χ3v) is 4.40. The highest BCUT2D eigenvalue weighted by Gasteiger charge is 2.28. The number of pyridine rings is 1. The summed E-state index contributed by atoms with van der Waals surface area (Å²) in [4.78, 5) is 25.1. The van der Waals surface area contributed by atoms with Crippen molar-refractivity contribution in [2.45, 2.75) is 77.9 Å². The van der Waals surface area contributed by atoms with Crippen molar-refractivity contribution < 1.29 is 9.53 Å². The lowest BCUT2D eigenvalue weighted by molar-refractivity contribution is -0.155. The third-order valence-electron chi connectivity index (χ3n) is 4.23. The summed E-state index contributed by atoms with van der Waals surface area (Å²) in [6.07, 6.45) is 5.64. The number of carbonyl (C=O) groups excluding carboxylic acids is 1. The number of anilines is 1. The largest absolute Gasteiger partial charge is 0.460 e. The zero-order valence-electron chi connectivity index (χ0n) is 16.8. The number of hydrogen-bond donors (Lipinski definition) is 1. The molecule has 7 heteroatoms. The van der Waals surface area contributed by atoms with Gasteiger partial charge in [0.05, 0.1) is 5.52 Å². The number of ether oxygens (including phenoxy) is 1. The summed E-state index contributed by atoms with van der Waals surface area (Å²) in [6.45, 7) is 9.87. The maximum absolute atomic E-state index is 12.2. The maximum Gasteiger partial charge on any atom is 0.306 e. The first-order valence-corrected chi connectivity index (χ1v) is 9.78. The summed E-state index contributed by atoms with van der Waals surface area (Å²) in [5, 5.41) is 3.66. The van der Waals surface area contributed by atoms with Crippen LogP contribution in [0.3, 0.4) is 0 Å². The van der Waals surface area contributed by atoms with E-state index in [4.69, 9.17) is 16.3 Å². The van der Waals surface area contributed by atoms with Crippen molar-refractivity contribution in [1.29, 1.82) is 0 Å². The standard InChI is InChI=1S/C20H29ClN4O2/c1-6-7-11-20(5,12-10-15(26)27-19(2,3)4)25-17-16-14(9-8-13-22-16)23-18(21)24-17/h8-9,13H,6-7,10-12H2,1-5H3,(H,23,24,25). The lowest BCUT2D eigenvalue weighted by atomic mass is 9.89. The van der Waals surface area contributed by atoms with E-state index in [-0.39, 0.29) is 16.8 Å². The molecule has 2 aromatic rings. The van der Waals surface area contributed by atoms with Gasteiger partial charge in [-0.15, -0.1) is 0 Å². The fourth-order valence-electron chi connectivity index (χ4n) is 2.90. The van der Waals surface area contributed by atoms with Crippen molar-refractivity contribution in [1.82, 2.24) is 15.0 Å². The van der Waals surface area contributed by atoms with Crippen LogP contribution >= 0.6 is 11.6 Å². The molecule has 0 aliphatic carbocycles. The predicted octanol–water partition coefficient (Wildman–Crippen LogP) is 5.16. The van der Waals surface area contributed by atoms with Crippen molar-refractivity contribution in [2.75, 3.05) is 5.32 Å². The summed E-state index contributed by atoms with van der Waals surface area (Å²) in [7, 11) is 0. The molecule has 1 atom stereocenters. The molecule has 0 fully saturated rings. The molecule has 0 aromatic carbocycles. The number of unbranched alkanes of at least 4 members (excludes halogenated alkanes) is 1. The van der Waals surface area contributed by atoms with Gasteiger partial charge in [-0.1, -0.05) is 19.8 Å². The van der Waals surface area contributed by atoms with Gasteiger partial charge in [-0.05, 0) is 64.3 Å². The highest BCUT2D eigenvalue weighted by atomic mass is 35.5. The van der Waals surface area contributed by atoms with Crippen LogP contribution < -0.4 is 5.32 Å². The number of rotatable bonds is 8. The molecule has 0 saturated carbocycles. The molecule has 6 nitrogen and oxygen atoms in total. The summed E-state index contributed by atoms with van der Waals surface area (Å²) < 4.78 is 5.45. The monoisotopic (exact) mass is 392 g/mol. The van der Waals surface area contributed by atoms with Gasteiger partial charge in [0.1, 0.15) is 11.1 Å². The average molecular weight is 393 g/mol. The Kier molecular flexibility index (Phi) is 6.98. The first kappa shape index (κ1) is 21.4. The molecule has 0 aliphatic rings. The molecule has 0 aliphatic heterocycles. The lowest BCUT2D eigenvalue weighted by Crippen LogP contribution is -2.36. The zero-order valence-corrected chi connectivity index (χ0v) is 17.6. The second kappa shape index (κ2) is 8.83. The SMILES string of the molecule is CCCCC(C)(CCC(=O)OC(C)(C)C)Nc1nc(Cl)nc2cccnc12. The smallest absolute Gasteiger partial charge is 0.306 e. The molecule has 0 saturated heterocycles. The number of nitrogens with zero attached hydrogens (tertiary/aromatic N) is 3. The summed E-state index contributed by atoms with van der Waals surface area (Å²) in [5.41, 5.74) is 0.534. The number of carbonyl (C=O) groups is 1. The minimum atomic E-state index is -0.482. The molecule has 27 heavy (non-hydrogen) atoms. The maximum atomic E-state index is 12.2. The molecule has 1 N–H and O–H groups in total. The summed E-state index contributed by atoms with van der Waals surface area (Å²) in [5.74, 6) is 0.393. The van der Waals surface area contributed by atoms with Gasteiger partial charge in [0, 0.05) is 18.2 Å². The fraction of sp³-hybridized carbons (Fsp3) is 0.600. The van der Waals surface area contributed by atoms with Crippen molar-refractivity contribution in [3.63, 3.8) is 0 Å². The summed E-state index contributed by atoms with van der Waals surface area (Å²) in [6, 6.07) is 3.67. The Morgan fingerprint density at radius 1 is 1.22 bits per heavy atom. The van der Waals surface area contributed by atoms with Gasteiger partial charge in [-0.3, -0.25) is 9.78 Å². The number of hydrogen-bond acceptors (Lipinski definition) is 6. The van der Waals surface area contributed by atoms with Crippen LogP contribution in [0.4, 0.5) is 5.82 Å². The van der Waals surface area contributed by atoms with Crippen LogP contribution in [0, 0.1) is 0 Å². The first-order valence-electron chi connectivity index (χ1n) is 9.40. The van der Waals surface area contributed by atoms with Gasteiger partial charge in [0.15, 0.2) is 5.82 Å². The van der Waals surface area contributed by atoms with Crippen molar-refractivity contribution >= 4 is 34.4 Å². The van der Waals surface area contributed by atoms with E-state index < -0.39 is 5.60 Å². The molecule has 0 spiro atoms. The first-order chi connectivity index (χ1) is 12.6. The van der Waals surface area contributed by atoms with E-state index in [0.717, 1.165) is 19.3 Å². The Morgan fingerprint density at radius 3 is 2.63 bits per heavy atom. The van der Waals surface area contributed by atoms with Crippen LogP contribution in [0.2, 0.25) is 5.28 Å². The van der Waals surface area contributed by atoms with E-state index in [1.165, 1.54) is 0 Å². The van der Waals surface area contributed by atoms with E-state index in [0.29, 0.717) is 29.7 Å². The Bertz CT molecular complexity index is 791. The van der Waals surface area contributed by atoms with E-state index in [1.54, 1.807) is 6.20 Å². The Morgan fingerprint density at radius 2 is 1.96 bits per heavy atom. The average Bonchev–Trinajstić information content (AvgIpc) is 2.57. The second-order valence-electron chi connectivity index (χ2n) is 8.09. The quantitative estimate of drug-likeness (QED) is 0.493. The molecule has 0 radical (unpaired) electrons. The van der Waals surface area contributed by atoms with E-state index in [1.807, 2.05) is 32.9 Å². The molecular weight excluding hydrogens is 364 g/mol. The fourth-order valence-corrected chi connectivity index (χ4v) is 3.08. The van der Waals surface area contributed by atoms with E-state index in [2.05, 4.69) is 34.1 Å².